The Balaban J connectivity index is 1.78. The fraction of sp³-hybridized carbons (Fsp3) is 0.333. The third-order valence-electron chi connectivity index (χ3n) is 5.28. The summed E-state index contributed by atoms with van der Waals surface area (Å²) in [6.45, 7) is 3.72. The molecular formula is C21H22N4O2. The van der Waals surface area contributed by atoms with Crippen LogP contribution in [-0.2, 0) is 6.54 Å². The fourth-order valence-corrected chi connectivity index (χ4v) is 3.83. The van der Waals surface area contributed by atoms with Crippen LogP contribution in [0, 0.1) is 11.3 Å². The molecule has 0 saturated carbocycles. The first kappa shape index (κ1) is 17.2. The van der Waals surface area contributed by atoms with Crippen molar-refractivity contribution in [1.29, 1.82) is 5.26 Å². The summed E-state index contributed by atoms with van der Waals surface area (Å²) in [6.07, 6.45) is 4.23. The Hall–Kier alpha value is -3.20. The lowest BCUT2D eigenvalue weighted by atomic mass is 10.1. The van der Waals surface area contributed by atoms with E-state index in [0.29, 0.717) is 18.1 Å². The summed E-state index contributed by atoms with van der Waals surface area (Å²) in [5.41, 5.74) is 2.82. The number of hydrogen-bond donors (Lipinski definition) is 1. The lowest BCUT2D eigenvalue weighted by Crippen LogP contribution is -2.26. The van der Waals surface area contributed by atoms with Gasteiger partial charge >= 0.3 is 0 Å². The molecule has 1 fully saturated rings. The Morgan fingerprint density at radius 2 is 2.11 bits per heavy atom. The molecule has 1 atom stereocenters. The second-order valence-electron chi connectivity index (χ2n) is 7.02. The van der Waals surface area contributed by atoms with E-state index < -0.39 is 0 Å². The zero-order chi connectivity index (χ0) is 19.0. The van der Waals surface area contributed by atoms with Gasteiger partial charge in [-0.2, -0.15) is 10.4 Å². The average Bonchev–Trinajstić information content (AvgIpc) is 3.28. The van der Waals surface area contributed by atoms with Gasteiger partial charge in [0.05, 0.1) is 19.3 Å². The van der Waals surface area contributed by atoms with Crippen molar-refractivity contribution in [2.45, 2.75) is 32.4 Å². The standard InChI is InChI=1S/C21H22N4O2/c1-14-4-3-9-25(14)19-10-20(26)17(11-22)21-18(19)13-24(23-21)12-15-5-7-16(27-2)8-6-15/h5-8,10,13-14,26H,3-4,9,12H2,1-2H3. The van der Waals surface area contributed by atoms with Gasteiger partial charge < -0.3 is 14.7 Å². The summed E-state index contributed by atoms with van der Waals surface area (Å²) >= 11 is 0. The van der Waals surface area contributed by atoms with Crippen LogP contribution in [-0.4, -0.2) is 34.6 Å². The van der Waals surface area contributed by atoms with Gasteiger partial charge in [0, 0.05) is 30.2 Å². The molecule has 0 spiro atoms. The van der Waals surface area contributed by atoms with Crippen molar-refractivity contribution >= 4 is 16.6 Å². The zero-order valence-electron chi connectivity index (χ0n) is 15.5. The zero-order valence-corrected chi connectivity index (χ0v) is 15.5. The van der Waals surface area contributed by atoms with Crippen LogP contribution in [0.25, 0.3) is 10.9 Å². The first-order chi connectivity index (χ1) is 13.1. The minimum atomic E-state index is -0.00574. The number of ether oxygens (including phenoxy) is 1. The van der Waals surface area contributed by atoms with Crippen molar-refractivity contribution < 1.29 is 9.84 Å². The monoisotopic (exact) mass is 362 g/mol. The Morgan fingerprint density at radius 1 is 1.33 bits per heavy atom. The smallest absolute Gasteiger partial charge is 0.137 e. The molecule has 1 aromatic heterocycles. The number of phenolic OH excluding ortho intramolecular Hbond substituents is 1. The van der Waals surface area contributed by atoms with E-state index in [1.165, 1.54) is 0 Å². The quantitative estimate of drug-likeness (QED) is 0.767. The second-order valence-corrected chi connectivity index (χ2v) is 7.02. The molecule has 1 aliphatic rings. The third-order valence-corrected chi connectivity index (χ3v) is 5.28. The number of nitrogens with zero attached hydrogens (tertiary/aromatic N) is 4. The first-order valence-corrected chi connectivity index (χ1v) is 9.13. The summed E-state index contributed by atoms with van der Waals surface area (Å²) < 4.78 is 7.03. The van der Waals surface area contributed by atoms with Crippen LogP contribution in [0.1, 0.15) is 30.9 Å². The molecule has 0 bridgehead atoms. The maximum absolute atomic E-state index is 10.4. The molecule has 6 heteroatoms. The molecule has 138 valence electrons. The van der Waals surface area contributed by atoms with Gasteiger partial charge in [0.1, 0.15) is 28.6 Å². The summed E-state index contributed by atoms with van der Waals surface area (Å²) in [7, 11) is 1.64. The minimum absolute atomic E-state index is 0.00574. The molecule has 2 aromatic carbocycles. The van der Waals surface area contributed by atoms with Gasteiger partial charge in [0.2, 0.25) is 0 Å². The van der Waals surface area contributed by atoms with Crippen LogP contribution >= 0.6 is 0 Å². The van der Waals surface area contributed by atoms with Gasteiger partial charge in [-0.1, -0.05) is 12.1 Å². The molecular weight excluding hydrogens is 340 g/mol. The number of hydrogen-bond acceptors (Lipinski definition) is 5. The minimum Gasteiger partial charge on any atom is -0.506 e. The van der Waals surface area contributed by atoms with E-state index in [4.69, 9.17) is 4.74 Å². The molecule has 1 saturated heterocycles. The van der Waals surface area contributed by atoms with E-state index in [0.717, 1.165) is 41.8 Å². The second kappa shape index (κ2) is 6.84. The van der Waals surface area contributed by atoms with Crippen molar-refractivity contribution in [1.82, 2.24) is 9.78 Å². The highest BCUT2D eigenvalue weighted by atomic mass is 16.5. The maximum atomic E-state index is 10.4. The van der Waals surface area contributed by atoms with Crippen molar-refractivity contribution in [2.75, 3.05) is 18.6 Å². The molecule has 0 amide bonds. The van der Waals surface area contributed by atoms with Gasteiger partial charge in [-0.25, -0.2) is 0 Å². The molecule has 0 radical (unpaired) electrons. The van der Waals surface area contributed by atoms with Crippen molar-refractivity contribution in [2.24, 2.45) is 0 Å². The van der Waals surface area contributed by atoms with Crippen LogP contribution in [0.5, 0.6) is 11.5 Å². The van der Waals surface area contributed by atoms with Crippen LogP contribution in [0.4, 0.5) is 5.69 Å². The number of anilines is 1. The number of aromatic hydroxyl groups is 1. The molecule has 2 heterocycles. The molecule has 1 N–H and O–H groups in total. The molecule has 4 rings (SSSR count). The van der Waals surface area contributed by atoms with E-state index in [1.807, 2.05) is 35.1 Å². The average molecular weight is 362 g/mol. The lowest BCUT2D eigenvalue weighted by Gasteiger charge is -2.24. The Bertz CT molecular complexity index is 1020. The van der Waals surface area contributed by atoms with Crippen LogP contribution in [0.3, 0.4) is 0 Å². The van der Waals surface area contributed by atoms with E-state index in [9.17, 15) is 10.4 Å². The predicted molar refractivity (Wildman–Crippen MR) is 104 cm³/mol. The normalized spacial score (nSPS) is 16.6. The molecule has 3 aromatic rings. The Labute approximate surface area is 158 Å². The van der Waals surface area contributed by atoms with Crippen molar-refractivity contribution in [3.8, 4) is 17.6 Å². The predicted octanol–water partition coefficient (Wildman–Crippen LogP) is 3.66. The van der Waals surface area contributed by atoms with Gasteiger partial charge in [0.25, 0.3) is 0 Å². The van der Waals surface area contributed by atoms with Gasteiger partial charge in [-0.15, -0.1) is 0 Å². The topological polar surface area (TPSA) is 74.3 Å². The molecule has 1 aliphatic heterocycles. The summed E-state index contributed by atoms with van der Waals surface area (Å²) in [4.78, 5) is 2.29. The van der Waals surface area contributed by atoms with Crippen LogP contribution < -0.4 is 9.64 Å². The number of methoxy groups -OCH3 is 1. The van der Waals surface area contributed by atoms with Crippen LogP contribution in [0.2, 0.25) is 0 Å². The van der Waals surface area contributed by atoms with Crippen LogP contribution in [0.15, 0.2) is 36.5 Å². The fourth-order valence-electron chi connectivity index (χ4n) is 3.83. The molecule has 6 nitrogen and oxygen atoms in total. The van der Waals surface area contributed by atoms with Crippen molar-refractivity contribution in [3.05, 3.63) is 47.7 Å². The van der Waals surface area contributed by atoms with E-state index in [2.05, 4.69) is 23.0 Å². The van der Waals surface area contributed by atoms with E-state index >= 15 is 0 Å². The number of phenols is 1. The number of aromatic nitrogens is 2. The molecule has 1 unspecified atom stereocenters. The number of benzene rings is 2. The van der Waals surface area contributed by atoms with Gasteiger partial charge in [-0.05, 0) is 37.5 Å². The number of nitriles is 1. The van der Waals surface area contributed by atoms with Crippen molar-refractivity contribution in [3.63, 3.8) is 0 Å². The first-order valence-electron chi connectivity index (χ1n) is 9.13. The lowest BCUT2D eigenvalue weighted by molar-refractivity contribution is 0.414. The SMILES string of the molecule is COc1ccc(Cn2cc3c(N4CCCC4C)cc(O)c(C#N)c3n2)cc1. The molecule has 27 heavy (non-hydrogen) atoms. The third kappa shape index (κ3) is 3.06. The largest absolute Gasteiger partial charge is 0.506 e. The summed E-state index contributed by atoms with van der Waals surface area (Å²) in [5.74, 6) is 0.806. The Kier molecular flexibility index (Phi) is 4.36. The molecule has 0 aliphatic carbocycles. The number of fused-ring (bicyclic) bond motifs is 1. The highest BCUT2D eigenvalue weighted by Crippen LogP contribution is 2.38. The highest BCUT2D eigenvalue weighted by Gasteiger charge is 2.25. The summed E-state index contributed by atoms with van der Waals surface area (Å²) in [5, 5.41) is 25.4. The number of rotatable bonds is 4. The van der Waals surface area contributed by atoms with E-state index in [1.54, 1.807) is 13.2 Å². The van der Waals surface area contributed by atoms with Gasteiger partial charge in [-0.3, -0.25) is 4.68 Å². The maximum Gasteiger partial charge on any atom is 0.137 e. The Morgan fingerprint density at radius 3 is 2.74 bits per heavy atom. The summed E-state index contributed by atoms with van der Waals surface area (Å²) in [6, 6.07) is 12.0. The highest BCUT2D eigenvalue weighted by molar-refractivity contribution is 5.97. The van der Waals surface area contributed by atoms with Gasteiger partial charge in [0.15, 0.2) is 0 Å². The van der Waals surface area contributed by atoms with E-state index in [-0.39, 0.29) is 11.3 Å².